The maximum atomic E-state index is 12.8. The van der Waals surface area contributed by atoms with Crippen molar-refractivity contribution in [3.05, 3.63) is 95.6 Å². The van der Waals surface area contributed by atoms with Crippen LogP contribution in [0.5, 0.6) is 0 Å². The minimum absolute atomic E-state index is 0.217. The van der Waals surface area contributed by atoms with E-state index in [0.29, 0.717) is 22.5 Å². The maximum Gasteiger partial charge on any atom is 0.411 e. The summed E-state index contributed by atoms with van der Waals surface area (Å²) in [6.45, 7) is 2.00. The van der Waals surface area contributed by atoms with Gasteiger partial charge in [-0.2, -0.15) is 0 Å². The summed E-state index contributed by atoms with van der Waals surface area (Å²) < 4.78 is 4.82. The lowest BCUT2D eigenvalue weighted by Crippen LogP contribution is -2.17. The molecule has 3 aromatic carbocycles. The van der Waals surface area contributed by atoms with Crippen molar-refractivity contribution in [2.45, 2.75) is 6.92 Å². The van der Waals surface area contributed by atoms with Crippen LogP contribution < -0.4 is 10.6 Å². The average molecular weight is 388 g/mol. The summed E-state index contributed by atoms with van der Waals surface area (Å²) in [6.07, 6.45) is -0.544. The van der Waals surface area contributed by atoms with E-state index < -0.39 is 12.0 Å². The van der Waals surface area contributed by atoms with Gasteiger partial charge < -0.3 is 10.1 Å². The molecular formula is C23H20N2O4. The smallest absolute Gasteiger partial charge is 0.411 e. The van der Waals surface area contributed by atoms with Crippen LogP contribution in [0.4, 0.5) is 16.2 Å². The Morgan fingerprint density at radius 1 is 0.724 bits per heavy atom. The molecule has 0 unspecified atom stereocenters. The molecule has 3 rings (SSSR count). The highest BCUT2D eigenvalue weighted by Gasteiger charge is 2.18. The fraction of sp³-hybridized carbons (Fsp3) is 0.0870. The van der Waals surface area contributed by atoms with E-state index in [1.54, 1.807) is 79.7 Å². The van der Waals surface area contributed by atoms with Gasteiger partial charge in [-0.15, -0.1) is 0 Å². The molecule has 0 spiro atoms. The zero-order valence-corrected chi connectivity index (χ0v) is 15.8. The van der Waals surface area contributed by atoms with Gasteiger partial charge in [0.05, 0.1) is 12.2 Å². The minimum Gasteiger partial charge on any atom is -0.450 e. The molecule has 0 saturated heterocycles. The van der Waals surface area contributed by atoms with Crippen molar-refractivity contribution < 1.29 is 19.1 Å². The van der Waals surface area contributed by atoms with Gasteiger partial charge in [0.15, 0.2) is 5.78 Å². The highest BCUT2D eigenvalue weighted by atomic mass is 16.5. The third-order valence-corrected chi connectivity index (χ3v) is 4.12. The van der Waals surface area contributed by atoms with Crippen LogP contribution in [0.25, 0.3) is 0 Å². The lowest BCUT2D eigenvalue weighted by atomic mass is 9.98. The summed E-state index contributed by atoms with van der Waals surface area (Å²) in [5.74, 6) is -0.610. The number of ketones is 1. The average Bonchev–Trinajstić information content (AvgIpc) is 2.75. The molecule has 0 fully saturated rings. The number of hydrogen-bond acceptors (Lipinski definition) is 4. The van der Waals surface area contributed by atoms with Crippen LogP contribution in [-0.2, 0) is 4.74 Å². The largest absolute Gasteiger partial charge is 0.450 e. The number of hydrogen-bond donors (Lipinski definition) is 2. The van der Waals surface area contributed by atoms with Gasteiger partial charge in [-0.1, -0.05) is 48.5 Å². The molecule has 0 radical (unpaired) electrons. The predicted octanol–water partition coefficient (Wildman–Crippen LogP) is 4.74. The van der Waals surface area contributed by atoms with Gasteiger partial charge >= 0.3 is 6.09 Å². The number of rotatable bonds is 6. The fourth-order valence-electron chi connectivity index (χ4n) is 2.74. The molecule has 0 aromatic heterocycles. The number of carbonyl (C=O) groups is 3. The lowest BCUT2D eigenvalue weighted by Gasteiger charge is -2.11. The maximum absolute atomic E-state index is 12.8. The Hall–Kier alpha value is -3.93. The van der Waals surface area contributed by atoms with E-state index in [2.05, 4.69) is 10.6 Å². The van der Waals surface area contributed by atoms with Crippen molar-refractivity contribution >= 4 is 29.2 Å². The van der Waals surface area contributed by atoms with Gasteiger partial charge in [0.1, 0.15) is 0 Å². The Morgan fingerprint density at radius 2 is 1.28 bits per heavy atom. The Labute approximate surface area is 168 Å². The Bertz CT molecular complexity index is 1010. The molecule has 6 nitrogen and oxygen atoms in total. The number of anilines is 2. The molecule has 0 bridgehead atoms. The lowest BCUT2D eigenvalue weighted by molar-refractivity contribution is 0.0996. The first-order valence-electron chi connectivity index (χ1n) is 9.12. The van der Waals surface area contributed by atoms with Crippen molar-refractivity contribution in [1.29, 1.82) is 0 Å². The number of nitrogens with one attached hydrogen (secondary N) is 2. The second kappa shape index (κ2) is 9.32. The predicted molar refractivity (Wildman–Crippen MR) is 111 cm³/mol. The van der Waals surface area contributed by atoms with Crippen LogP contribution in [0.15, 0.2) is 78.9 Å². The third kappa shape index (κ3) is 5.07. The number of carbonyl (C=O) groups excluding carboxylic acids is 3. The molecule has 6 heteroatoms. The molecule has 0 aliphatic carbocycles. The van der Waals surface area contributed by atoms with Crippen LogP contribution in [-0.4, -0.2) is 24.4 Å². The zero-order chi connectivity index (χ0) is 20.6. The van der Waals surface area contributed by atoms with Crippen molar-refractivity contribution in [3.63, 3.8) is 0 Å². The molecule has 0 atom stereocenters. The molecule has 146 valence electrons. The van der Waals surface area contributed by atoms with E-state index in [-0.39, 0.29) is 18.0 Å². The quantitative estimate of drug-likeness (QED) is 0.598. The molecule has 2 amide bonds. The molecule has 0 saturated carbocycles. The van der Waals surface area contributed by atoms with E-state index in [0.717, 1.165) is 0 Å². The Kier molecular flexibility index (Phi) is 6.37. The van der Waals surface area contributed by atoms with E-state index in [1.165, 1.54) is 0 Å². The van der Waals surface area contributed by atoms with Crippen molar-refractivity contribution in [3.8, 4) is 0 Å². The van der Waals surface area contributed by atoms with E-state index >= 15 is 0 Å². The highest BCUT2D eigenvalue weighted by Crippen LogP contribution is 2.18. The van der Waals surface area contributed by atoms with Crippen molar-refractivity contribution in [2.24, 2.45) is 0 Å². The summed E-state index contributed by atoms with van der Waals surface area (Å²) >= 11 is 0. The number of benzene rings is 3. The highest BCUT2D eigenvalue weighted by molar-refractivity contribution is 6.17. The summed E-state index contributed by atoms with van der Waals surface area (Å²) in [7, 11) is 0. The monoisotopic (exact) mass is 388 g/mol. The second-order valence-electron chi connectivity index (χ2n) is 6.12. The standard InChI is InChI=1S/C23H20N2O4/c1-2-29-23(28)25-18-14-12-17(13-15-18)24-22(27)20-11-7-6-10-19(20)21(26)16-8-4-3-5-9-16/h3-15H,2H2,1H3,(H,24,27)(H,25,28). The van der Waals surface area contributed by atoms with Gasteiger partial charge in [-0.3, -0.25) is 14.9 Å². The van der Waals surface area contributed by atoms with Gasteiger partial charge in [0, 0.05) is 22.5 Å². The Morgan fingerprint density at radius 3 is 1.90 bits per heavy atom. The second-order valence-corrected chi connectivity index (χ2v) is 6.12. The molecule has 0 aliphatic heterocycles. The first kappa shape index (κ1) is 19.8. The van der Waals surface area contributed by atoms with E-state index in [4.69, 9.17) is 4.74 Å². The van der Waals surface area contributed by atoms with Crippen LogP contribution in [0, 0.1) is 0 Å². The summed E-state index contributed by atoms with van der Waals surface area (Å²) in [5.41, 5.74) is 2.21. The Balaban J connectivity index is 1.75. The van der Waals surface area contributed by atoms with Crippen LogP contribution >= 0.6 is 0 Å². The van der Waals surface area contributed by atoms with Crippen LogP contribution in [0.3, 0.4) is 0 Å². The van der Waals surface area contributed by atoms with Gasteiger partial charge in [-0.25, -0.2) is 4.79 Å². The summed E-state index contributed by atoms with van der Waals surface area (Å²) in [5, 5.41) is 5.35. The minimum atomic E-state index is -0.544. The molecule has 3 aromatic rings. The number of ether oxygens (including phenoxy) is 1. The van der Waals surface area contributed by atoms with Crippen molar-refractivity contribution in [2.75, 3.05) is 17.2 Å². The topological polar surface area (TPSA) is 84.5 Å². The third-order valence-electron chi connectivity index (χ3n) is 4.12. The van der Waals surface area contributed by atoms with E-state index in [1.807, 2.05) is 6.07 Å². The first-order valence-corrected chi connectivity index (χ1v) is 9.12. The van der Waals surface area contributed by atoms with Crippen molar-refractivity contribution in [1.82, 2.24) is 0 Å². The SMILES string of the molecule is CCOC(=O)Nc1ccc(NC(=O)c2ccccc2C(=O)c2ccccc2)cc1. The fourth-order valence-corrected chi connectivity index (χ4v) is 2.74. The van der Waals surface area contributed by atoms with Gasteiger partial charge in [0.25, 0.3) is 5.91 Å². The van der Waals surface area contributed by atoms with Crippen LogP contribution in [0.1, 0.15) is 33.2 Å². The first-order chi connectivity index (χ1) is 14.1. The molecule has 29 heavy (non-hydrogen) atoms. The summed E-state index contributed by atoms with van der Waals surface area (Å²) in [6, 6.07) is 22.1. The molecule has 0 heterocycles. The molecule has 0 aliphatic rings. The molecular weight excluding hydrogens is 368 g/mol. The van der Waals surface area contributed by atoms with E-state index in [9.17, 15) is 14.4 Å². The number of amides is 2. The zero-order valence-electron chi connectivity index (χ0n) is 15.8. The van der Waals surface area contributed by atoms with Gasteiger partial charge in [0.2, 0.25) is 0 Å². The summed E-state index contributed by atoms with van der Waals surface area (Å²) in [4.78, 5) is 37.0. The van der Waals surface area contributed by atoms with Gasteiger partial charge in [-0.05, 0) is 37.3 Å². The van der Waals surface area contributed by atoms with Crippen LogP contribution in [0.2, 0.25) is 0 Å². The molecule has 2 N–H and O–H groups in total. The normalized spacial score (nSPS) is 10.1.